The highest BCUT2D eigenvalue weighted by Crippen LogP contribution is 2.20. The van der Waals surface area contributed by atoms with Gasteiger partial charge in [-0.1, -0.05) is 17.3 Å². The number of ketones is 1. The molecule has 3 rings (SSSR count). The highest BCUT2D eigenvalue weighted by atomic mass is 19.1. The molecule has 0 spiro atoms. The first kappa shape index (κ1) is 15.8. The standard InChI is InChI=1S/C17H15FN4O2/c1-10-15(11(2)23)9-20-17(21-10)19-8-14-7-16(22-24-14)12-4-3-5-13(18)6-12/h3-7,9H,8H2,1-2H3,(H,19,20,21). The lowest BCUT2D eigenvalue weighted by Crippen LogP contribution is -2.07. The van der Waals surface area contributed by atoms with Crippen molar-refractivity contribution in [3.8, 4) is 11.3 Å². The highest BCUT2D eigenvalue weighted by molar-refractivity contribution is 5.94. The number of nitrogens with zero attached hydrogens (tertiary/aromatic N) is 3. The lowest BCUT2D eigenvalue weighted by atomic mass is 10.1. The maximum absolute atomic E-state index is 13.2. The van der Waals surface area contributed by atoms with Crippen LogP contribution in [0.5, 0.6) is 0 Å². The third kappa shape index (κ3) is 3.45. The van der Waals surface area contributed by atoms with Crippen LogP contribution in [0.15, 0.2) is 41.1 Å². The SMILES string of the molecule is CC(=O)c1cnc(NCc2cc(-c3cccc(F)c3)no2)nc1C. The fourth-order valence-electron chi connectivity index (χ4n) is 2.24. The number of rotatable bonds is 5. The van der Waals surface area contributed by atoms with Gasteiger partial charge in [-0.15, -0.1) is 0 Å². The molecule has 0 radical (unpaired) electrons. The average molecular weight is 326 g/mol. The van der Waals surface area contributed by atoms with Crippen LogP contribution < -0.4 is 5.32 Å². The highest BCUT2D eigenvalue weighted by Gasteiger charge is 2.10. The number of hydrogen-bond donors (Lipinski definition) is 1. The molecule has 0 fully saturated rings. The molecule has 0 bridgehead atoms. The molecule has 0 saturated carbocycles. The van der Waals surface area contributed by atoms with Gasteiger partial charge in [0.15, 0.2) is 11.5 Å². The Bertz CT molecular complexity index is 892. The van der Waals surface area contributed by atoms with Crippen LogP contribution in [0.1, 0.15) is 28.7 Å². The van der Waals surface area contributed by atoms with Gasteiger partial charge in [-0.3, -0.25) is 4.79 Å². The molecule has 0 saturated heterocycles. The molecule has 3 aromatic rings. The van der Waals surface area contributed by atoms with Gasteiger partial charge in [0, 0.05) is 17.8 Å². The van der Waals surface area contributed by atoms with Crippen molar-refractivity contribution >= 4 is 11.7 Å². The van der Waals surface area contributed by atoms with Crippen molar-refractivity contribution in [3.05, 3.63) is 59.4 Å². The summed E-state index contributed by atoms with van der Waals surface area (Å²) in [4.78, 5) is 19.7. The minimum absolute atomic E-state index is 0.0750. The number of aryl methyl sites for hydroxylation is 1. The van der Waals surface area contributed by atoms with Crippen molar-refractivity contribution in [3.63, 3.8) is 0 Å². The van der Waals surface area contributed by atoms with E-state index in [0.29, 0.717) is 40.8 Å². The topological polar surface area (TPSA) is 80.9 Å². The Hall–Kier alpha value is -3.09. The number of nitrogens with one attached hydrogen (secondary N) is 1. The molecule has 24 heavy (non-hydrogen) atoms. The van der Waals surface area contributed by atoms with Gasteiger partial charge in [0.05, 0.1) is 17.8 Å². The Kier molecular flexibility index (Phi) is 4.33. The summed E-state index contributed by atoms with van der Waals surface area (Å²) in [5.74, 6) is 0.547. The maximum atomic E-state index is 13.2. The van der Waals surface area contributed by atoms with Crippen LogP contribution in [0.2, 0.25) is 0 Å². The Balaban J connectivity index is 1.70. The van der Waals surface area contributed by atoms with Crippen molar-refractivity contribution in [2.75, 3.05) is 5.32 Å². The van der Waals surface area contributed by atoms with Gasteiger partial charge in [0.25, 0.3) is 0 Å². The molecular weight excluding hydrogens is 311 g/mol. The second-order valence-corrected chi connectivity index (χ2v) is 5.29. The third-order valence-electron chi connectivity index (χ3n) is 3.46. The number of hydrogen-bond acceptors (Lipinski definition) is 6. The molecular formula is C17H15FN4O2. The van der Waals surface area contributed by atoms with E-state index in [1.807, 2.05) is 0 Å². The number of Topliss-reactive ketones (excluding diaryl/α,β-unsaturated/α-hetero) is 1. The summed E-state index contributed by atoms with van der Waals surface area (Å²) < 4.78 is 18.5. The molecule has 0 aliphatic carbocycles. The fraction of sp³-hybridized carbons (Fsp3) is 0.176. The first-order chi connectivity index (χ1) is 11.5. The van der Waals surface area contributed by atoms with Gasteiger partial charge < -0.3 is 9.84 Å². The van der Waals surface area contributed by atoms with Gasteiger partial charge in [-0.25, -0.2) is 14.4 Å². The molecule has 0 atom stereocenters. The first-order valence-corrected chi connectivity index (χ1v) is 7.33. The number of carbonyl (C=O) groups excluding carboxylic acids is 1. The molecule has 0 aliphatic heterocycles. The predicted molar refractivity (Wildman–Crippen MR) is 86.0 cm³/mol. The van der Waals surface area contributed by atoms with E-state index in [-0.39, 0.29) is 11.6 Å². The number of benzene rings is 1. The molecule has 0 amide bonds. The summed E-state index contributed by atoms with van der Waals surface area (Å²) in [6.45, 7) is 3.54. The Morgan fingerprint density at radius 3 is 2.88 bits per heavy atom. The first-order valence-electron chi connectivity index (χ1n) is 7.33. The van der Waals surface area contributed by atoms with Crippen LogP contribution in [-0.4, -0.2) is 20.9 Å². The van der Waals surface area contributed by atoms with E-state index in [1.165, 1.54) is 25.3 Å². The maximum Gasteiger partial charge on any atom is 0.223 e. The Labute approximate surface area is 137 Å². The molecule has 2 aromatic heterocycles. The molecule has 0 aliphatic rings. The van der Waals surface area contributed by atoms with Crippen LogP contribution in [0.25, 0.3) is 11.3 Å². The third-order valence-corrected chi connectivity index (χ3v) is 3.46. The largest absolute Gasteiger partial charge is 0.359 e. The zero-order valence-electron chi connectivity index (χ0n) is 13.2. The molecule has 0 unspecified atom stereocenters. The smallest absolute Gasteiger partial charge is 0.223 e. The van der Waals surface area contributed by atoms with Crippen molar-refractivity contribution in [2.45, 2.75) is 20.4 Å². The second kappa shape index (κ2) is 6.57. The summed E-state index contributed by atoms with van der Waals surface area (Å²) >= 11 is 0. The lowest BCUT2D eigenvalue weighted by Gasteiger charge is -2.05. The summed E-state index contributed by atoms with van der Waals surface area (Å²) in [6.07, 6.45) is 1.49. The van der Waals surface area contributed by atoms with Crippen LogP contribution in [-0.2, 0) is 6.54 Å². The van der Waals surface area contributed by atoms with Crippen LogP contribution >= 0.6 is 0 Å². The minimum atomic E-state index is -0.329. The van der Waals surface area contributed by atoms with E-state index < -0.39 is 0 Å². The van der Waals surface area contributed by atoms with E-state index >= 15 is 0 Å². The Morgan fingerprint density at radius 2 is 2.17 bits per heavy atom. The Morgan fingerprint density at radius 1 is 1.33 bits per heavy atom. The fourth-order valence-corrected chi connectivity index (χ4v) is 2.24. The van der Waals surface area contributed by atoms with Crippen molar-refractivity contribution in [2.24, 2.45) is 0 Å². The zero-order chi connectivity index (χ0) is 17.1. The minimum Gasteiger partial charge on any atom is -0.359 e. The van der Waals surface area contributed by atoms with Crippen LogP contribution in [0.4, 0.5) is 10.3 Å². The summed E-state index contributed by atoms with van der Waals surface area (Å²) in [5.41, 5.74) is 2.30. The van der Waals surface area contributed by atoms with E-state index in [2.05, 4.69) is 20.4 Å². The number of halogens is 1. The zero-order valence-corrected chi connectivity index (χ0v) is 13.2. The lowest BCUT2D eigenvalue weighted by molar-refractivity contribution is 0.101. The van der Waals surface area contributed by atoms with Gasteiger partial charge in [-0.05, 0) is 26.0 Å². The van der Waals surface area contributed by atoms with Crippen molar-refractivity contribution < 1.29 is 13.7 Å². The molecule has 1 aromatic carbocycles. The van der Waals surface area contributed by atoms with Crippen LogP contribution in [0.3, 0.4) is 0 Å². The molecule has 6 nitrogen and oxygen atoms in total. The number of aromatic nitrogens is 3. The average Bonchev–Trinajstić information content (AvgIpc) is 3.01. The number of carbonyl (C=O) groups is 1. The van der Waals surface area contributed by atoms with Gasteiger partial charge >= 0.3 is 0 Å². The molecule has 1 N–H and O–H groups in total. The monoisotopic (exact) mass is 326 g/mol. The van der Waals surface area contributed by atoms with E-state index in [1.54, 1.807) is 25.1 Å². The van der Waals surface area contributed by atoms with E-state index in [0.717, 1.165) is 0 Å². The van der Waals surface area contributed by atoms with E-state index in [4.69, 9.17) is 4.52 Å². The number of anilines is 1. The van der Waals surface area contributed by atoms with Crippen molar-refractivity contribution in [1.82, 2.24) is 15.1 Å². The van der Waals surface area contributed by atoms with Crippen LogP contribution in [0, 0.1) is 12.7 Å². The molecule has 7 heteroatoms. The second-order valence-electron chi connectivity index (χ2n) is 5.29. The molecule has 2 heterocycles. The van der Waals surface area contributed by atoms with E-state index in [9.17, 15) is 9.18 Å². The summed E-state index contributed by atoms with van der Waals surface area (Å²) in [7, 11) is 0. The van der Waals surface area contributed by atoms with Gasteiger partial charge in [0.2, 0.25) is 5.95 Å². The van der Waals surface area contributed by atoms with Gasteiger partial charge in [-0.2, -0.15) is 0 Å². The summed E-state index contributed by atoms with van der Waals surface area (Å²) in [6, 6.07) is 7.85. The van der Waals surface area contributed by atoms with Crippen molar-refractivity contribution in [1.29, 1.82) is 0 Å². The predicted octanol–water partition coefficient (Wildman–Crippen LogP) is 3.39. The summed E-state index contributed by atoms with van der Waals surface area (Å²) in [5, 5.41) is 6.93. The quantitative estimate of drug-likeness (QED) is 0.724. The van der Waals surface area contributed by atoms with Gasteiger partial charge in [0.1, 0.15) is 11.5 Å². The normalized spacial score (nSPS) is 10.6. The molecule has 122 valence electrons.